The molecule has 102 valence electrons. The van der Waals surface area contributed by atoms with Crippen LogP contribution in [0.1, 0.15) is 18.7 Å². The summed E-state index contributed by atoms with van der Waals surface area (Å²) in [6.45, 7) is 1.54. The Morgan fingerprint density at radius 2 is 2.44 bits per heavy atom. The minimum absolute atomic E-state index is 0.0304. The van der Waals surface area contributed by atoms with Gasteiger partial charge >= 0.3 is 0 Å². The minimum atomic E-state index is -3.50. The molecule has 1 aromatic rings. The van der Waals surface area contributed by atoms with E-state index in [0.717, 1.165) is 19.2 Å². The fraction of sp³-hybridized carbons (Fsp3) is 0.778. The first-order valence-corrected chi connectivity index (χ1v) is 7.26. The minimum Gasteiger partial charge on any atom is -0.343 e. The Morgan fingerprint density at radius 3 is 3.11 bits per heavy atom. The molecule has 0 aliphatic carbocycles. The summed E-state index contributed by atoms with van der Waals surface area (Å²) >= 11 is 0. The molecule has 0 amide bonds. The van der Waals surface area contributed by atoms with Crippen LogP contribution in [0.5, 0.6) is 0 Å². The lowest BCUT2D eigenvalue weighted by Gasteiger charge is -2.31. The average molecular weight is 275 g/mol. The van der Waals surface area contributed by atoms with Crippen LogP contribution in [0.2, 0.25) is 0 Å². The quantitative estimate of drug-likeness (QED) is 0.718. The topological polar surface area (TPSA) is 114 Å². The van der Waals surface area contributed by atoms with Gasteiger partial charge < -0.3 is 10.3 Å². The summed E-state index contributed by atoms with van der Waals surface area (Å²) in [5.41, 5.74) is 5.59. The summed E-state index contributed by atoms with van der Waals surface area (Å²) in [5.74, 6) is 0.548. The van der Waals surface area contributed by atoms with Crippen molar-refractivity contribution in [2.45, 2.75) is 19.4 Å². The maximum absolute atomic E-state index is 12.0. The summed E-state index contributed by atoms with van der Waals surface area (Å²) < 4.78 is 32.5. The van der Waals surface area contributed by atoms with E-state index in [1.54, 1.807) is 0 Å². The lowest BCUT2D eigenvalue weighted by molar-refractivity contribution is 0.268. The molecule has 0 saturated carbocycles. The molecule has 0 bridgehead atoms. The molecule has 0 spiro atoms. The summed E-state index contributed by atoms with van der Waals surface area (Å²) in [4.78, 5) is 3.75. The van der Waals surface area contributed by atoms with Crippen LogP contribution in [0, 0.1) is 5.92 Å². The van der Waals surface area contributed by atoms with Crippen LogP contribution in [0.4, 0.5) is 0 Å². The number of nitrogens with two attached hydrogens (primary N) is 1. The summed E-state index contributed by atoms with van der Waals surface area (Å²) in [6.07, 6.45) is 2.98. The van der Waals surface area contributed by atoms with E-state index in [0.29, 0.717) is 25.5 Å². The van der Waals surface area contributed by atoms with Crippen molar-refractivity contribution >= 4 is 10.2 Å². The molecule has 8 nitrogen and oxygen atoms in total. The van der Waals surface area contributed by atoms with Crippen LogP contribution in [-0.2, 0) is 16.8 Å². The molecule has 0 aromatic carbocycles. The number of nitrogens with one attached hydrogen (secondary N) is 1. The molecule has 3 N–H and O–H groups in total. The van der Waals surface area contributed by atoms with Crippen molar-refractivity contribution in [1.29, 1.82) is 0 Å². The molecule has 9 heteroatoms. The Morgan fingerprint density at radius 1 is 1.61 bits per heavy atom. The van der Waals surface area contributed by atoms with Gasteiger partial charge in [0.1, 0.15) is 0 Å². The average Bonchev–Trinajstić information content (AvgIpc) is 2.90. The molecule has 2 heterocycles. The number of rotatable bonds is 5. The molecular formula is C9H17N5O3S. The Balaban J connectivity index is 1.93. The van der Waals surface area contributed by atoms with Gasteiger partial charge in [-0.1, -0.05) is 5.16 Å². The maximum Gasteiger partial charge on any atom is 0.279 e. The monoisotopic (exact) mass is 275 g/mol. The number of aromatic nitrogens is 2. The highest BCUT2D eigenvalue weighted by Gasteiger charge is 2.28. The fourth-order valence-corrected chi connectivity index (χ4v) is 3.23. The lowest BCUT2D eigenvalue weighted by Crippen LogP contribution is -2.47. The Bertz CT molecular complexity index is 461. The summed E-state index contributed by atoms with van der Waals surface area (Å²) in [6, 6.07) is 0. The van der Waals surface area contributed by atoms with E-state index < -0.39 is 10.2 Å². The lowest BCUT2D eigenvalue weighted by atomic mass is 10.0. The fourth-order valence-electron chi connectivity index (χ4n) is 1.95. The van der Waals surface area contributed by atoms with Gasteiger partial charge in [-0.15, -0.1) is 0 Å². The van der Waals surface area contributed by atoms with E-state index in [-0.39, 0.29) is 12.5 Å². The molecular weight excluding hydrogens is 258 g/mol. The zero-order valence-electron chi connectivity index (χ0n) is 9.95. The maximum atomic E-state index is 12.0. The van der Waals surface area contributed by atoms with Crippen LogP contribution >= 0.6 is 0 Å². The first-order chi connectivity index (χ1) is 8.62. The van der Waals surface area contributed by atoms with E-state index in [1.165, 1.54) is 4.31 Å². The van der Waals surface area contributed by atoms with Gasteiger partial charge in [-0.2, -0.15) is 22.4 Å². The molecule has 1 atom stereocenters. The third kappa shape index (κ3) is 3.25. The normalized spacial score (nSPS) is 22.2. The van der Waals surface area contributed by atoms with Crippen molar-refractivity contribution in [2.75, 3.05) is 19.6 Å². The van der Waals surface area contributed by atoms with Crippen LogP contribution in [0.15, 0.2) is 10.9 Å². The third-order valence-corrected chi connectivity index (χ3v) is 4.50. The summed E-state index contributed by atoms with van der Waals surface area (Å²) in [5, 5.41) is 3.54. The second-order valence-corrected chi connectivity index (χ2v) is 6.03. The van der Waals surface area contributed by atoms with Crippen LogP contribution in [0.3, 0.4) is 0 Å². The standard InChI is InChI=1S/C9H17N5O3S/c10-4-8-2-1-3-14(6-8)18(15,16)12-5-9-11-7-17-13-9/h7-8,12H,1-6,10H2. The van der Waals surface area contributed by atoms with Crippen molar-refractivity contribution in [3.05, 3.63) is 12.2 Å². The molecule has 1 unspecified atom stereocenters. The van der Waals surface area contributed by atoms with E-state index in [2.05, 4.69) is 19.4 Å². The molecule has 0 radical (unpaired) electrons. The smallest absolute Gasteiger partial charge is 0.279 e. The molecule has 1 aliphatic heterocycles. The van der Waals surface area contributed by atoms with Crippen molar-refractivity contribution in [3.63, 3.8) is 0 Å². The third-order valence-electron chi connectivity index (χ3n) is 2.97. The Kier molecular flexibility index (Phi) is 4.27. The van der Waals surface area contributed by atoms with E-state index in [1.807, 2.05) is 0 Å². The molecule has 1 fully saturated rings. The van der Waals surface area contributed by atoms with Gasteiger partial charge in [0.25, 0.3) is 10.2 Å². The van der Waals surface area contributed by atoms with E-state index in [4.69, 9.17) is 5.73 Å². The zero-order chi connectivity index (χ0) is 13.0. The zero-order valence-corrected chi connectivity index (χ0v) is 10.8. The first-order valence-electron chi connectivity index (χ1n) is 5.82. The Labute approximate surface area is 106 Å². The molecule has 18 heavy (non-hydrogen) atoms. The highest BCUT2D eigenvalue weighted by Crippen LogP contribution is 2.17. The first kappa shape index (κ1) is 13.4. The van der Waals surface area contributed by atoms with Gasteiger partial charge in [0.05, 0.1) is 6.54 Å². The highest BCUT2D eigenvalue weighted by molar-refractivity contribution is 7.87. The number of piperidine rings is 1. The molecule has 1 aliphatic rings. The van der Waals surface area contributed by atoms with Gasteiger partial charge in [-0.3, -0.25) is 0 Å². The van der Waals surface area contributed by atoms with Gasteiger partial charge in [0.15, 0.2) is 5.82 Å². The van der Waals surface area contributed by atoms with Crippen LogP contribution in [0.25, 0.3) is 0 Å². The van der Waals surface area contributed by atoms with Crippen LogP contribution < -0.4 is 10.5 Å². The number of hydrogen-bond donors (Lipinski definition) is 2. The number of hydrogen-bond acceptors (Lipinski definition) is 6. The van der Waals surface area contributed by atoms with Crippen molar-refractivity contribution in [2.24, 2.45) is 11.7 Å². The molecule has 1 saturated heterocycles. The summed E-state index contributed by atoms with van der Waals surface area (Å²) in [7, 11) is -3.50. The van der Waals surface area contributed by atoms with E-state index in [9.17, 15) is 8.42 Å². The van der Waals surface area contributed by atoms with Gasteiger partial charge in [-0.25, -0.2) is 0 Å². The van der Waals surface area contributed by atoms with Crippen LogP contribution in [-0.4, -0.2) is 42.5 Å². The second kappa shape index (κ2) is 5.74. The van der Waals surface area contributed by atoms with Gasteiger partial charge in [-0.05, 0) is 25.3 Å². The molecule has 2 rings (SSSR count). The van der Waals surface area contributed by atoms with Crippen molar-refractivity contribution < 1.29 is 12.9 Å². The van der Waals surface area contributed by atoms with Gasteiger partial charge in [0, 0.05) is 13.1 Å². The van der Waals surface area contributed by atoms with Crippen molar-refractivity contribution in [3.8, 4) is 0 Å². The second-order valence-electron chi connectivity index (χ2n) is 4.28. The van der Waals surface area contributed by atoms with Gasteiger partial charge in [0.2, 0.25) is 6.39 Å². The van der Waals surface area contributed by atoms with Crippen molar-refractivity contribution in [1.82, 2.24) is 19.2 Å². The predicted molar refractivity (Wildman–Crippen MR) is 63.4 cm³/mol. The molecule has 1 aromatic heterocycles. The number of nitrogens with zero attached hydrogens (tertiary/aromatic N) is 3. The largest absolute Gasteiger partial charge is 0.343 e. The van der Waals surface area contributed by atoms with E-state index >= 15 is 0 Å². The predicted octanol–water partition coefficient (Wildman–Crippen LogP) is -0.925. The Hall–Kier alpha value is -1.03. The highest BCUT2D eigenvalue weighted by atomic mass is 32.2. The SMILES string of the molecule is NCC1CCCN(S(=O)(=O)NCc2ncon2)C1.